The van der Waals surface area contributed by atoms with E-state index in [9.17, 15) is 9.59 Å². The minimum absolute atomic E-state index is 0.304. The second kappa shape index (κ2) is 9.12. The fraction of sp³-hybridized carbons (Fsp3) is 0.333. The molecule has 0 aliphatic carbocycles. The Bertz CT molecular complexity index is 942. The largest absolute Gasteiger partial charge is 0.386 e. The zero-order valence-electron chi connectivity index (χ0n) is 17.2. The average molecular weight is 486 g/mol. The van der Waals surface area contributed by atoms with E-state index in [4.69, 9.17) is 4.74 Å². The fourth-order valence-corrected chi connectivity index (χ4v) is 14.5. The molecular weight excluding hydrogens is 460 g/mol. The van der Waals surface area contributed by atoms with Gasteiger partial charge in [0.25, 0.3) is 0 Å². The van der Waals surface area contributed by atoms with Gasteiger partial charge in [-0.25, -0.2) is 9.59 Å². The summed E-state index contributed by atoms with van der Waals surface area (Å²) in [5.41, 5.74) is 3.16. The number of hydrogen-bond donors (Lipinski definition) is 0. The molecule has 0 spiro atoms. The van der Waals surface area contributed by atoms with Crippen LogP contribution in [0, 0.1) is 0 Å². The lowest BCUT2D eigenvalue weighted by atomic mass is 10.1. The maximum atomic E-state index is 13.1. The minimum atomic E-state index is -0.821. The molecule has 5 unspecified atom stereocenters. The Labute approximate surface area is 190 Å². The van der Waals surface area contributed by atoms with E-state index in [1.165, 1.54) is 11.1 Å². The summed E-state index contributed by atoms with van der Waals surface area (Å²) in [6.07, 6.45) is 4.20. The maximum Gasteiger partial charge on any atom is 0.347 e. The van der Waals surface area contributed by atoms with Crippen molar-refractivity contribution in [1.82, 2.24) is 0 Å². The van der Waals surface area contributed by atoms with E-state index in [1.54, 1.807) is 0 Å². The molecular formula is C24H26O3P4. The predicted molar refractivity (Wildman–Crippen MR) is 136 cm³/mol. The summed E-state index contributed by atoms with van der Waals surface area (Å²) in [5.74, 6) is -0.750. The highest BCUT2D eigenvalue weighted by Crippen LogP contribution is 2.77. The van der Waals surface area contributed by atoms with Crippen molar-refractivity contribution in [3.63, 3.8) is 0 Å². The van der Waals surface area contributed by atoms with Crippen LogP contribution in [0.15, 0.2) is 71.3 Å². The lowest BCUT2D eigenvalue weighted by Crippen LogP contribution is -2.05. The van der Waals surface area contributed by atoms with Crippen molar-refractivity contribution in [2.45, 2.75) is 47.8 Å². The summed E-state index contributed by atoms with van der Waals surface area (Å²) in [4.78, 5) is 26.2. The van der Waals surface area contributed by atoms with Crippen LogP contribution in [0.1, 0.15) is 48.1 Å². The van der Waals surface area contributed by atoms with Crippen molar-refractivity contribution < 1.29 is 14.3 Å². The molecule has 2 fully saturated rings. The Balaban J connectivity index is 1.62. The summed E-state index contributed by atoms with van der Waals surface area (Å²) in [7, 11) is 4.32. The molecule has 0 bridgehead atoms. The van der Waals surface area contributed by atoms with Crippen LogP contribution >= 0.6 is 34.3 Å². The molecule has 0 radical (unpaired) electrons. The zero-order valence-corrected chi connectivity index (χ0v) is 21.3. The molecule has 3 aliphatic rings. The molecule has 160 valence electrons. The summed E-state index contributed by atoms with van der Waals surface area (Å²) in [6, 6.07) is 21.0. The monoisotopic (exact) mass is 486 g/mol. The highest BCUT2D eigenvalue weighted by atomic mass is 31.2. The third kappa shape index (κ3) is 3.98. The zero-order chi connectivity index (χ0) is 21.5. The number of benzene rings is 2. The Morgan fingerprint density at radius 2 is 1.03 bits per heavy atom. The number of rotatable bonds is 4. The molecule has 0 N–H and O–H groups in total. The molecule has 3 nitrogen and oxygen atoms in total. The smallest absolute Gasteiger partial charge is 0.347 e. The number of hydrogen-bond acceptors (Lipinski definition) is 3. The molecule has 3 heterocycles. The quantitative estimate of drug-likeness (QED) is 0.274. The van der Waals surface area contributed by atoms with Crippen LogP contribution in [0.5, 0.6) is 0 Å². The van der Waals surface area contributed by atoms with E-state index >= 15 is 0 Å². The van der Waals surface area contributed by atoms with Crippen molar-refractivity contribution in [2.24, 2.45) is 0 Å². The van der Waals surface area contributed by atoms with Gasteiger partial charge in [0.15, 0.2) is 0 Å². The first-order valence-corrected chi connectivity index (χ1v) is 15.0. The van der Waals surface area contributed by atoms with Gasteiger partial charge < -0.3 is 4.74 Å². The number of carbonyl (C=O) groups excluding carboxylic acids is 2. The number of cyclic esters (lactones) is 2. The van der Waals surface area contributed by atoms with Crippen molar-refractivity contribution in [3.05, 3.63) is 82.4 Å². The third-order valence-corrected chi connectivity index (χ3v) is 15.6. The van der Waals surface area contributed by atoms with E-state index in [-0.39, 0.29) is 11.9 Å². The van der Waals surface area contributed by atoms with E-state index in [0.29, 0.717) is 22.1 Å². The van der Waals surface area contributed by atoms with E-state index < -0.39 is 15.8 Å². The first-order chi connectivity index (χ1) is 15.1. The summed E-state index contributed by atoms with van der Waals surface area (Å²) in [6.45, 7) is 0. The molecule has 5 rings (SSSR count). The highest BCUT2D eigenvalue weighted by Gasteiger charge is 2.51. The molecule has 31 heavy (non-hydrogen) atoms. The Hall–Kier alpha value is -0.960. The van der Waals surface area contributed by atoms with Gasteiger partial charge in [0.05, 0.1) is 10.6 Å². The van der Waals surface area contributed by atoms with Gasteiger partial charge in [0.2, 0.25) is 0 Å². The first kappa shape index (κ1) is 21.9. The molecule has 2 aromatic carbocycles. The fourth-order valence-electron chi connectivity index (χ4n) is 5.15. The molecule has 2 aromatic rings. The topological polar surface area (TPSA) is 43.4 Å². The van der Waals surface area contributed by atoms with Crippen LogP contribution in [0.2, 0.25) is 0 Å². The van der Waals surface area contributed by atoms with E-state index in [2.05, 4.69) is 67.0 Å². The summed E-state index contributed by atoms with van der Waals surface area (Å²) in [5, 5.41) is 2.15. The van der Waals surface area contributed by atoms with Gasteiger partial charge in [-0.1, -0.05) is 76.5 Å². The second-order valence-corrected chi connectivity index (χ2v) is 16.2. The van der Waals surface area contributed by atoms with Gasteiger partial charge in [0, 0.05) is 11.3 Å². The van der Waals surface area contributed by atoms with Crippen molar-refractivity contribution in [3.8, 4) is 0 Å². The Kier molecular flexibility index (Phi) is 6.43. The van der Waals surface area contributed by atoms with Crippen LogP contribution in [-0.4, -0.2) is 22.7 Å². The van der Waals surface area contributed by atoms with Crippen LogP contribution in [0.4, 0.5) is 0 Å². The van der Waals surface area contributed by atoms with Crippen molar-refractivity contribution in [1.29, 1.82) is 0 Å². The third-order valence-electron chi connectivity index (χ3n) is 6.54. The lowest BCUT2D eigenvalue weighted by molar-refractivity contribution is -0.150. The van der Waals surface area contributed by atoms with Crippen LogP contribution in [-0.2, 0) is 14.3 Å². The molecule has 2 saturated heterocycles. The highest BCUT2D eigenvalue weighted by molar-refractivity contribution is 7.75. The first-order valence-electron chi connectivity index (χ1n) is 10.7. The van der Waals surface area contributed by atoms with Crippen LogP contribution in [0.3, 0.4) is 0 Å². The number of ether oxygens (including phenoxy) is 1. The maximum absolute atomic E-state index is 13.1. The normalized spacial score (nSPS) is 33.2. The average Bonchev–Trinajstić information content (AvgIpc) is 3.43. The van der Waals surface area contributed by atoms with Crippen LogP contribution < -0.4 is 0 Å². The van der Waals surface area contributed by atoms with E-state index in [1.807, 2.05) is 12.1 Å². The predicted octanol–water partition coefficient (Wildman–Crippen LogP) is 6.72. The van der Waals surface area contributed by atoms with Crippen LogP contribution in [0.25, 0.3) is 0 Å². The minimum Gasteiger partial charge on any atom is -0.386 e. The Morgan fingerprint density at radius 3 is 1.42 bits per heavy atom. The summed E-state index contributed by atoms with van der Waals surface area (Å²) < 4.78 is 5.34. The lowest BCUT2D eigenvalue weighted by Gasteiger charge is -2.28. The van der Waals surface area contributed by atoms with Gasteiger partial charge in [0.1, 0.15) is 0 Å². The number of carbonyl (C=O) groups is 2. The van der Waals surface area contributed by atoms with Gasteiger partial charge in [-0.2, -0.15) is 0 Å². The molecule has 0 saturated carbocycles. The SMILES string of the molecule is O=C1OC(=O)C(P2[C@H](P)CC[C@H]2c2ccccc2)=C1P1C(P)CC[C@H]1c1ccccc1. The van der Waals surface area contributed by atoms with Gasteiger partial charge >= 0.3 is 11.9 Å². The van der Waals surface area contributed by atoms with Crippen molar-refractivity contribution in [2.75, 3.05) is 0 Å². The van der Waals surface area contributed by atoms with Gasteiger partial charge in [-0.05, 0) is 47.6 Å². The molecule has 3 aliphatic heterocycles. The van der Waals surface area contributed by atoms with Gasteiger partial charge in [-0.3, -0.25) is 0 Å². The molecule has 0 aromatic heterocycles. The Morgan fingerprint density at radius 1 is 0.645 bits per heavy atom. The van der Waals surface area contributed by atoms with Crippen molar-refractivity contribution >= 4 is 46.3 Å². The number of esters is 2. The van der Waals surface area contributed by atoms with Gasteiger partial charge in [-0.15, -0.1) is 18.5 Å². The molecule has 8 atom stereocenters. The standard InChI is InChI=1S/C24H26O3P4/c25-23-21(30-17(11-13-19(30)28)15-7-3-1-4-8-15)22(24(26)27-23)31-18(12-14-20(31)29)16-9-5-2-6-10-16/h1-10,17-20H,11-14,28-29H2/t17-,18-,19-,20?,30?,31?/m0/s1. The summed E-state index contributed by atoms with van der Waals surface area (Å²) >= 11 is 0. The van der Waals surface area contributed by atoms with E-state index in [0.717, 1.165) is 36.3 Å². The second-order valence-electron chi connectivity index (χ2n) is 8.33. The molecule has 0 amide bonds. The molecule has 7 heteroatoms.